The van der Waals surface area contributed by atoms with Crippen LogP contribution in [-0.4, -0.2) is 23.3 Å². The monoisotopic (exact) mass is 251 g/mol. The lowest BCUT2D eigenvalue weighted by Crippen LogP contribution is -2.17. The largest absolute Gasteiger partial charge is 0.460 e. The van der Waals surface area contributed by atoms with Crippen LogP contribution in [0, 0.1) is 0 Å². The fourth-order valence-electron chi connectivity index (χ4n) is 1.59. The third-order valence-electron chi connectivity index (χ3n) is 2.35. The topological polar surface area (TPSA) is 59.2 Å². The molecule has 2 aromatic rings. The van der Waals surface area contributed by atoms with Crippen LogP contribution in [0.15, 0.2) is 24.4 Å². The summed E-state index contributed by atoms with van der Waals surface area (Å²) in [5, 5.41) is 1.13. The zero-order valence-corrected chi connectivity index (χ0v) is 9.88. The maximum absolute atomic E-state index is 11.8. The molecule has 1 aromatic carbocycles. The zero-order chi connectivity index (χ0) is 12.4. The quantitative estimate of drug-likeness (QED) is 0.518. The number of esters is 1. The smallest absolute Gasteiger partial charge is 0.379 e. The van der Waals surface area contributed by atoms with Gasteiger partial charge >= 0.3 is 5.97 Å². The summed E-state index contributed by atoms with van der Waals surface area (Å²) in [7, 11) is 0. The lowest BCUT2D eigenvalue weighted by molar-refractivity contribution is -0.137. The first-order valence-electron chi connectivity index (χ1n) is 5.11. The van der Waals surface area contributed by atoms with Crippen LogP contribution in [0.4, 0.5) is 0 Å². The molecule has 0 unspecified atom stereocenters. The minimum absolute atomic E-state index is 0.174. The molecule has 0 spiro atoms. The standard InChI is InChI=1S/C12H10ClNO3/c1-2-17-12(16)11(15)9-6-14-10-4-3-7(13)5-8(9)10/h3-6,14H,2H2,1H3. The predicted octanol–water partition coefficient (Wildman–Crippen LogP) is 2.57. The van der Waals surface area contributed by atoms with Crippen molar-refractivity contribution in [2.45, 2.75) is 6.92 Å². The van der Waals surface area contributed by atoms with Crippen molar-refractivity contribution in [1.82, 2.24) is 4.98 Å². The van der Waals surface area contributed by atoms with Crippen molar-refractivity contribution < 1.29 is 14.3 Å². The van der Waals surface area contributed by atoms with E-state index < -0.39 is 11.8 Å². The van der Waals surface area contributed by atoms with E-state index in [0.29, 0.717) is 10.4 Å². The molecular weight excluding hydrogens is 242 g/mol. The van der Waals surface area contributed by atoms with E-state index in [-0.39, 0.29) is 12.2 Å². The molecular formula is C12H10ClNO3. The first kappa shape index (κ1) is 11.7. The van der Waals surface area contributed by atoms with Gasteiger partial charge in [0.15, 0.2) is 0 Å². The van der Waals surface area contributed by atoms with Gasteiger partial charge in [-0.3, -0.25) is 4.79 Å². The predicted molar refractivity (Wildman–Crippen MR) is 64.3 cm³/mol. The average molecular weight is 252 g/mol. The number of ether oxygens (including phenoxy) is 1. The van der Waals surface area contributed by atoms with Crippen LogP contribution in [0.25, 0.3) is 10.9 Å². The molecule has 5 heteroatoms. The summed E-state index contributed by atoms with van der Waals surface area (Å²) in [4.78, 5) is 26.0. The van der Waals surface area contributed by atoms with E-state index in [4.69, 9.17) is 11.6 Å². The van der Waals surface area contributed by atoms with E-state index in [1.54, 1.807) is 25.1 Å². The van der Waals surface area contributed by atoms with Gasteiger partial charge in [-0.1, -0.05) is 11.6 Å². The molecule has 1 heterocycles. The van der Waals surface area contributed by atoms with Gasteiger partial charge in [-0.05, 0) is 25.1 Å². The van der Waals surface area contributed by atoms with E-state index in [0.717, 1.165) is 5.52 Å². The van der Waals surface area contributed by atoms with Crippen molar-refractivity contribution in [2.24, 2.45) is 0 Å². The number of halogens is 1. The Morgan fingerprint density at radius 1 is 1.41 bits per heavy atom. The lowest BCUT2D eigenvalue weighted by Gasteiger charge is -1.99. The summed E-state index contributed by atoms with van der Waals surface area (Å²) in [5.41, 5.74) is 1.03. The number of aromatic amines is 1. The van der Waals surface area contributed by atoms with Gasteiger partial charge in [-0.25, -0.2) is 4.79 Å². The molecule has 17 heavy (non-hydrogen) atoms. The summed E-state index contributed by atoms with van der Waals surface area (Å²) in [6, 6.07) is 5.10. The second kappa shape index (κ2) is 4.59. The third-order valence-corrected chi connectivity index (χ3v) is 2.58. The fraction of sp³-hybridized carbons (Fsp3) is 0.167. The molecule has 0 atom stereocenters. The minimum atomic E-state index is -0.853. The average Bonchev–Trinajstić information content (AvgIpc) is 2.71. The Morgan fingerprint density at radius 3 is 2.88 bits per heavy atom. The Labute approximate surface area is 103 Å². The van der Waals surface area contributed by atoms with E-state index in [1.807, 2.05) is 0 Å². The molecule has 0 saturated carbocycles. The number of aromatic nitrogens is 1. The van der Waals surface area contributed by atoms with Crippen molar-refractivity contribution in [1.29, 1.82) is 0 Å². The number of H-pyrrole nitrogens is 1. The first-order valence-corrected chi connectivity index (χ1v) is 5.49. The van der Waals surface area contributed by atoms with Gasteiger partial charge < -0.3 is 9.72 Å². The number of carbonyl (C=O) groups is 2. The maximum atomic E-state index is 11.8. The molecule has 1 aromatic heterocycles. The van der Waals surface area contributed by atoms with Crippen LogP contribution in [-0.2, 0) is 9.53 Å². The Balaban J connectivity index is 2.45. The van der Waals surface area contributed by atoms with Crippen molar-refractivity contribution in [2.75, 3.05) is 6.61 Å². The summed E-state index contributed by atoms with van der Waals surface area (Å²) >= 11 is 5.85. The third kappa shape index (κ3) is 2.17. The van der Waals surface area contributed by atoms with Crippen molar-refractivity contribution >= 4 is 34.3 Å². The highest BCUT2D eigenvalue weighted by atomic mass is 35.5. The van der Waals surface area contributed by atoms with Crippen LogP contribution in [0.5, 0.6) is 0 Å². The number of nitrogens with one attached hydrogen (secondary N) is 1. The van der Waals surface area contributed by atoms with Gasteiger partial charge in [0.25, 0.3) is 5.78 Å². The number of rotatable bonds is 3. The van der Waals surface area contributed by atoms with Crippen LogP contribution in [0.3, 0.4) is 0 Å². The number of Topliss-reactive ketones (excluding diaryl/α,β-unsaturated/α-hetero) is 1. The van der Waals surface area contributed by atoms with Crippen LogP contribution in [0.1, 0.15) is 17.3 Å². The molecule has 0 bridgehead atoms. The highest BCUT2D eigenvalue weighted by Gasteiger charge is 2.20. The second-order valence-corrected chi connectivity index (χ2v) is 3.88. The normalized spacial score (nSPS) is 10.5. The molecule has 88 valence electrons. The Hall–Kier alpha value is -1.81. The number of hydrogen-bond acceptors (Lipinski definition) is 3. The molecule has 1 N–H and O–H groups in total. The SMILES string of the molecule is CCOC(=O)C(=O)c1c[nH]c2ccc(Cl)cc12. The number of carbonyl (C=O) groups excluding carboxylic acids is 2. The number of hydrogen-bond donors (Lipinski definition) is 1. The van der Waals surface area contributed by atoms with Crippen LogP contribution in [0.2, 0.25) is 5.02 Å². The molecule has 0 aliphatic heterocycles. The lowest BCUT2D eigenvalue weighted by atomic mass is 10.1. The van der Waals surface area contributed by atoms with E-state index in [1.165, 1.54) is 6.20 Å². The Kier molecular flexibility index (Phi) is 3.15. The van der Waals surface area contributed by atoms with E-state index >= 15 is 0 Å². The Morgan fingerprint density at radius 2 is 2.18 bits per heavy atom. The summed E-state index contributed by atoms with van der Waals surface area (Å²) < 4.78 is 4.67. The first-order chi connectivity index (χ1) is 8.13. The Bertz CT molecular complexity index is 588. The maximum Gasteiger partial charge on any atom is 0.379 e. The van der Waals surface area contributed by atoms with Gasteiger partial charge in [-0.15, -0.1) is 0 Å². The van der Waals surface area contributed by atoms with Gasteiger partial charge in [0.05, 0.1) is 12.2 Å². The van der Waals surface area contributed by atoms with Gasteiger partial charge in [0.1, 0.15) is 0 Å². The molecule has 0 aliphatic carbocycles. The number of benzene rings is 1. The van der Waals surface area contributed by atoms with Gasteiger partial charge in [0, 0.05) is 22.1 Å². The van der Waals surface area contributed by atoms with Gasteiger partial charge in [0.2, 0.25) is 0 Å². The van der Waals surface area contributed by atoms with Crippen LogP contribution < -0.4 is 0 Å². The molecule has 0 saturated heterocycles. The molecule has 0 amide bonds. The number of ketones is 1. The molecule has 0 fully saturated rings. The minimum Gasteiger partial charge on any atom is -0.460 e. The van der Waals surface area contributed by atoms with Crippen LogP contribution >= 0.6 is 11.6 Å². The van der Waals surface area contributed by atoms with E-state index in [9.17, 15) is 9.59 Å². The van der Waals surface area contributed by atoms with Crippen molar-refractivity contribution in [3.63, 3.8) is 0 Å². The van der Waals surface area contributed by atoms with Gasteiger partial charge in [-0.2, -0.15) is 0 Å². The second-order valence-electron chi connectivity index (χ2n) is 3.44. The summed E-state index contributed by atoms with van der Waals surface area (Å²) in [6.45, 7) is 1.82. The summed E-state index contributed by atoms with van der Waals surface area (Å²) in [6.07, 6.45) is 1.49. The molecule has 2 rings (SSSR count). The fourth-order valence-corrected chi connectivity index (χ4v) is 1.76. The zero-order valence-electron chi connectivity index (χ0n) is 9.12. The van der Waals surface area contributed by atoms with Crippen molar-refractivity contribution in [3.05, 3.63) is 35.0 Å². The molecule has 4 nitrogen and oxygen atoms in total. The highest BCUT2D eigenvalue weighted by molar-refractivity contribution is 6.43. The highest BCUT2D eigenvalue weighted by Crippen LogP contribution is 2.22. The number of fused-ring (bicyclic) bond motifs is 1. The van der Waals surface area contributed by atoms with E-state index in [2.05, 4.69) is 9.72 Å². The van der Waals surface area contributed by atoms with Crippen molar-refractivity contribution in [3.8, 4) is 0 Å². The molecule has 0 radical (unpaired) electrons. The summed E-state index contributed by atoms with van der Waals surface area (Å²) in [5.74, 6) is -1.52. The molecule has 0 aliphatic rings.